The Balaban J connectivity index is 2.03. The van der Waals surface area contributed by atoms with Crippen molar-refractivity contribution in [3.05, 3.63) is 65.7 Å². The summed E-state index contributed by atoms with van der Waals surface area (Å²) in [7, 11) is 0. The second kappa shape index (κ2) is 10.6. The first-order valence-corrected chi connectivity index (χ1v) is 10.8. The molecule has 26 heavy (non-hydrogen) atoms. The van der Waals surface area contributed by atoms with E-state index in [1.165, 1.54) is 26.1 Å². The lowest BCUT2D eigenvalue weighted by molar-refractivity contribution is 0.866. The molecule has 3 heteroatoms. The molecule has 0 amide bonds. The molecule has 0 unspecified atom stereocenters. The fourth-order valence-electron chi connectivity index (χ4n) is 3.18. The summed E-state index contributed by atoms with van der Waals surface area (Å²) in [6, 6.07) is 17.9. The number of rotatable bonds is 9. The lowest BCUT2D eigenvalue weighted by Crippen LogP contribution is -2.21. The minimum Gasteiger partial charge on any atom is -0.372 e. The fraction of sp³-hybridized carbons (Fsp3) is 0.391. The highest BCUT2D eigenvalue weighted by atomic mass is 127. The maximum atomic E-state index is 2.45. The normalized spacial score (nSPS) is 11.5. The third-order valence-electron chi connectivity index (χ3n) is 4.85. The number of allylic oxidation sites excluding steroid dienone is 1. The third kappa shape index (κ3) is 5.50. The molecule has 2 rings (SSSR count). The van der Waals surface area contributed by atoms with Crippen molar-refractivity contribution >= 4 is 37.5 Å². The molecule has 0 spiro atoms. The molecule has 0 aliphatic carbocycles. The van der Waals surface area contributed by atoms with E-state index in [0.29, 0.717) is 0 Å². The lowest BCUT2D eigenvalue weighted by atomic mass is 10.1. The standard InChI is InChI=1S/C23H31IN2/c1-5-25(6-2)21-14-9-19(10-15-21)11-18-23(24)20-12-16-22(17-13-20)26(7-3)8-4/h9-10,12-18H,5-8,11H2,1-4H3. The molecule has 2 aromatic carbocycles. The van der Waals surface area contributed by atoms with Gasteiger partial charge in [0.15, 0.2) is 0 Å². The van der Waals surface area contributed by atoms with Gasteiger partial charge >= 0.3 is 0 Å². The van der Waals surface area contributed by atoms with Crippen LogP contribution >= 0.6 is 22.6 Å². The van der Waals surface area contributed by atoms with Crippen LogP contribution in [0, 0.1) is 0 Å². The molecule has 0 radical (unpaired) electrons. The largest absolute Gasteiger partial charge is 0.372 e. The maximum absolute atomic E-state index is 2.45. The summed E-state index contributed by atoms with van der Waals surface area (Å²) in [6.45, 7) is 13.0. The number of hydrogen-bond acceptors (Lipinski definition) is 2. The summed E-state index contributed by atoms with van der Waals surface area (Å²) < 4.78 is 1.31. The monoisotopic (exact) mass is 462 g/mol. The van der Waals surface area contributed by atoms with Crippen molar-refractivity contribution < 1.29 is 0 Å². The van der Waals surface area contributed by atoms with Gasteiger partial charge in [0.25, 0.3) is 0 Å². The van der Waals surface area contributed by atoms with Crippen molar-refractivity contribution in [2.45, 2.75) is 34.1 Å². The first kappa shape index (κ1) is 20.8. The molecule has 0 saturated carbocycles. The van der Waals surface area contributed by atoms with Crippen molar-refractivity contribution in [3.63, 3.8) is 0 Å². The van der Waals surface area contributed by atoms with Gasteiger partial charge in [-0.15, -0.1) is 0 Å². The third-order valence-corrected chi connectivity index (χ3v) is 5.92. The number of anilines is 2. The van der Waals surface area contributed by atoms with Crippen molar-refractivity contribution in [1.29, 1.82) is 0 Å². The van der Waals surface area contributed by atoms with Gasteiger partial charge in [0, 0.05) is 41.1 Å². The van der Waals surface area contributed by atoms with Crippen LogP contribution in [0.15, 0.2) is 54.6 Å². The fourth-order valence-corrected chi connectivity index (χ4v) is 3.76. The summed E-state index contributed by atoms with van der Waals surface area (Å²) in [5, 5.41) is 0. The molecule has 0 bridgehead atoms. The molecule has 2 aromatic rings. The van der Waals surface area contributed by atoms with Crippen LogP contribution in [0.2, 0.25) is 0 Å². The van der Waals surface area contributed by atoms with E-state index in [-0.39, 0.29) is 0 Å². The molecule has 0 aliphatic heterocycles. The average Bonchev–Trinajstić information content (AvgIpc) is 2.69. The van der Waals surface area contributed by atoms with Crippen LogP contribution in [0.1, 0.15) is 38.8 Å². The summed E-state index contributed by atoms with van der Waals surface area (Å²) in [4.78, 5) is 4.75. The molecule has 0 heterocycles. The van der Waals surface area contributed by atoms with Crippen molar-refractivity contribution in [1.82, 2.24) is 0 Å². The van der Waals surface area contributed by atoms with Gasteiger partial charge in [-0.05, 0) is 92.1 Å². The number of hydrogen-bond donors (Lipinski definition) is 0. The Kier molecular flexibility index (Phi) is 8.49. The second-order valence-corrected chi connectivity index (χ2v) is 7.48. The Bertz CT molecular complexity index is 681. The molecular weight excluding hydrogens is 431 g/mol. The lowest BCUT2D eigenvalue weighted by Gasteiger charge is -2.21. The molecule has 0 saturated heterocycles. The van der Waals surface area contributed by atoms with Crippen LogP contribution in [0.4, 0.5) is 11.4 Å². The van der Waals surface area contributed by atoms with Crippen molar-refractivity contribution in [3.8, 4) is 0 Å². The Hall–Kier alpha value is -1.49. The smallest absolute Gasteiger partial charge is 0.0366 e. The zero-order chi connectivity index (χ0) is 18.9. The predicted octanol–water partition coefficient (Wildman–Crippen LogP) is 6.40. The highest BCUT2D eigenvalue weighted by molar-refractivity contribution is 14.1. The highest BCUT2D eigenvalue weighted by Gasteiger charge is 2.04. The van der Waals surface area contributed by atoms with Crippen LogP contribution in [-0.4, -0.2) is 26.2 Å². The van der Waals surface area contributed by atoms with E-state index < -0.39 is 0 Å². The highest BCUT2D eigenvalue weighted by Crippen LogP contribution is 2.25. The molecule has 0 aliphatic rings. The molecule has 140 valence electrons. The van der Waals surface area contributed by atoms with E-state index in [0.717, 1.165) is 32.6 Å². The van der Waals surface area contributed by atoms with Gasteiger partial charge in [0.05, 0.1) is 0 Å². The zero-order valence-electron chi connectivity index (χ0n) is 16.5. The summed E-state index contributed by atoms with van der Waals surface area (Å²) >= 11 is 2.45. The van der Waals surface area contributed by atoms with Crippen LogP contribution in [-0.2, 0) is 6.42 Å². The van der Waals surface area contributed by atoms with Gasteiger partial charge in [-0.3, -0.25) is 0 Å². The SMILES string of the molecule is CCN(CC)c1ccc(CC=C(I)c2ccc(N(CC)CC)cc2)cc1. The van der Waals surface area contributed by atoms with Crippen LogP contribution in [0.5, 0.6) is 0 Å². The van der Waals surface area contributed by atoms with E-state index in [1.54, 1.807) is 0 Å². The molecule has 0 atom stereocenters. The van der Waals surface area contributed by atoms with E-state index in [4.69, 9.17) is 0 Å². The zero-order valence-corrected chi connectivity index (χ0v) is 18.7. The molecule has 0 fully saturated rings. The van der Waals surface area contributed by atoms with Gasteiger partial charge in [-0.2, -0.15) is 0 Å². The van der Waals surface area contributed by atoms with Crippen LogP contribution in [0.25, 0.3) is 3.58 Å². The van der Waals surface area contributed by atoms with Crippen molar-refractivity contribution in [2.24, 2.45) is 0 Å². The average molecular weight is 462 g/mol. The molecular formula is C23H31IN2. The number of benzene rings is 2. The van der Waals surface area contributed by atoms with Gasteiger partial charge in [-0.1, -0.05) is 30.3 Å². The van der Waals surface area contributed by atoms with Gasteiger partial charge in [0.2, 0.25) is 0 Å². The number of halogens is 1. The van der Waals surface area contributed by atoms with E-state index in [9.17, 15) is 0 Å². The Morgan fingerprint density at radius 2 is 1.15 bits per heavy atom. The Morgan fingerprint density at radius 3 is 1.58 bits per heavy atom. The summed E-state index contributed by atoms with van der Waals surface area (Å²) in [5.41, 5.74) is 5.26. The maximum Gasteiger partial charge on any atom is 0.0366 e. The molecule has 0 aromatic heterocycles. The topological polar surface area (TPSA) is 6.48 Å². The molecule has 2 nitrogen and oxygen atoms in total. The summed E-state index contributed by atoms with van der Waals surface area (Å²) in [5.74, 6) is 0. The van der Waals surface area contributed by atoms with E-state index in [1.807, 2.05) is 0 Å². The second-order valence-electron chi connectivity index (χ2n) is 6.31. The minimum atomic E-state index is 0.967. The van der Waals surface area contributed by atoms with Crippen LogP contribution < -0.4 is 9.80 Å². The minimum absolute atomic E-state index is 0.967. The Morgan fingerprint density at radius 1 is 0.731 bits per heavy atom. The quantitative estimate of drug-likeness (QED) is 0.398. The van der Waals surface area contributed by atoms with Crippen molar-refractivity contribution in [2.75, 3.05) is 36.0 Å². The van der Waals surface area contributed by atoms with Crippen LogP contribution in [0.3, 0.4) is 0 Å². The Labute approximate surface area is 173 Å². The first-order chi connectivity index (χ1) is 12.6. The van der Waals surface area contributed by atoms with E-state index in [2.05, 4.69) is 115 Å². The van der Waals surface area contributed by atoms with Gasteiger partial charge in [-0.25, -0.2) is 0 Å². The van der Waals surface area contributed by atoms with Gasteiger partial charge in [0.1, 0.15) is 0 Å². The molecule has 0 N–H and O–H groups in total. The predicted molar refractivity (Wildman–Crippen MR) is 126 cm³/mol. The van der Waals surface area contributed by atoms with E-state index >= 15 is 0 Å². The first-order valence-electron chi connectivity index (χ1n) is 9.67. The number of nitrogens with zero attached hydrogens (tertiary/aromatic N) is 2. The summed E-state index contributed by atoms with van der Waals surface area (Å²) in [6.07, 6.45) is 3.29. The van der Waals surface area contributed by atoms with Gasteiger partial charge < -0.3 is 9.80 Å².